The van der Waals surface area contributed by atoms with E-state index in [0.29, 0.717) is 12.4 Å². The van der Waals surface area contributed by atoms with Gasteiger partial charge < -0.3 is 0 Å². The van der Waals surface area contributed by atoms with Crippen molar-refractivity contribution in [3.05, 3.63) is 57.0 Å². The number of aromatic nitrogens is 3. The van der Waals surface area contributed by atoms with Crippen molar-refractivity contribution in [1.82, 2.24) is 14.5 Å². The minimum absolute atomic E-state index is 0.121. The van der Waals surface area contributed by atoms with E-state index in [1.165, 1.54) is 6.07 Å². The number of pyridine rings is 1. The Balaban J connectivity index is 2.51. The van der Waals surface area contributed by atoms with Crippen LogP contribution in [0.5, 0.6) is 0 Å². The van der Waals surface area contributed by atoms with Crippen molar-refractivity contribution in [3.8, 4) is 0 Å². The second kappa shape index (κ2) is 5.53. The third-order valence-corrected chi connectivity index (χ3v) is 3.14. The molecule has 0 bridgehead atoms. The molecule has 0 aromatic carbocycles. The summed E-state index contributed by atoms with van der Waals surface area (Å²) in [5.74, 6) is 0.804. The summed E-state index contributed by atoms with van der Waals surface area (Å²) >= 11 is 5.86. The number of aryl methyl sites for hydroxylation is 1. The molecule has 0 aliphatic carbocycles. The molecule has 0 saturated carbocycles. The Labute approximate surface area is 117 Å². The van der Waals surface area contributed by atoms with Crippen LogP contribution in [0.25, 0.3) is 0 Å². The largest absolute Gasteiger partial charge is 0.290 e. The molecule has 2 heterocycles. The molecule has 2 rings (SSSR count). The highest BCUT2D eigenvalue weighted by molar-refractivity contribution is 6.29. The fourth-order valence-corrected chi connectivity index (χ4v) is 2.11. The highest BCUT2D eigenvalue weighted by Gasteiger charge is 2.13. The molecule has 0 radical (unpaired) electrons. The second-order valence-electron chi connectivity index (χ2n) is 4.78. The van der Waals surface area contributed by atoms with Gasteiger partial charge in [-0.15, -0.1) is 0 Å². The molecule has 0 fully saturated rings. The zero-order valence-electron chi connectivity index (χ0n) is 11.2. The molecular weight excluding hydrogens is 262 g/mol. The lowest BCUT2D eigenvalue weighted by Crippen LogP contribution is -2.26. The van der Waals surface area contributed by atoms with Gasteiger partial charge in [0, 0.05) is 18.2 Å². The first-order valence-electron chi connectivity index (χ1n) is 6.17. The van der Waals surface area contributed by atoms with E-state index in [2.05, 4.69) is 9.97 Å². The van der Waals surface area contributed by atoms with Gasteiger partial charge >= 0.3 is 0 Å². The third kappa shape index (κ3) is 3.01. The van der Waals surface area contributed by atoms with E-state index in [1.807, 2.05) is 32.9 Å². The zero-order chi connectivity index (χ0) is 14.0. The van der Waals surface area contributed by atoms with Crippen LogP contribution >= 0.6 is 11.6 Å². The van der Waals surface area contributed by atoms with E-state index < -0.39 is 0 Å². The molecular formula is C14H16ClN3O. The maximum Gasteiger partial charge on any atom is 0.255 e. The van der Waals surface area contributed by atoms with E-state index in [9.17, 15) is 4.79 Å². The summed E-state index contributed by atoms with van der Waals surface area (Å²) in [5, 5.41) is 0.239. The van der Waals surface area contributed by atoms with Crippen LogP contribution < -0.4 is 5.56 Å². The van der Waals surface area contributed by atoms with Gasteiger partial charge in [-0.1, -0.05) is 31.5 Å². The van der Waals surface area contributed by atoms with E-state index in [-0.39, 0.29) is 16.6 Å². The molecule has 4 nitrogen and oxygen atoms in total. The summed E-state index contributed by atoms with van der Waals surface area (Å²) in [4.78, 5) is 20.7. The lowest BCUT2D eigenvalue weighted by atomic mass is 10.2. The molecule has 0 saturated heterocycles. The van der Waals surface area contributed by atoms with E-state index in [1.54, 1.807) is 10.8 Å². The van der Waals surface area contributed by atoms with Gasteiger partial charge in [-0.25, -0.2) is 4.98 Å². The number of halogens is 1. The van der Waals surface area contributed by atoms with Crippen LogP contribution in [0.15, 0.2) is 29.2 Å². The second-order valence-corrected chi connectivity index (χ2v) is 5.17. The molecule has 2 aromatic heterocycles. The summed E-state index contributed by atoms with van der Waals surface area (Å²) in [6.07, 6.45) is 1.73. The van der Waals surface area contributed by atoms with Crippen molar-refractivity contribution in [2.45, 2.75) is 33.2 Å². The summed E-state index contributed by atoms with van der Waals surface area (Å²) in [6.45, 7) is 6.37. The SMILES string of the molecule is Cc1cccnc1Cn1c(C(C)C)nc(Cl)cc1=O. The van der Waals surface area contributed by atoms with Crippen LogP contribution in [-0.4, -0.2) is 14.5 Å². The predicted molar refractivity (Wildman–Crippen MR) is 75.7 cm³/mol. The molecule has 0 spiro atoms. The maximum absolute atomic E-state index is 12.1. The van der Waals surface area contributed by atoms with Gasteiger partial charge in [0.15, 0.2) is 0 Å². The third-order valence-electron chi connectivity index (χ3n) is 2.95. The first-order chi connectivity index (χ1) is 8.99. The summed E-state index contributed by atoms with van der Waals surface area (Å²) < 4.78 is 1.63. The molecule has 0 N–H and O–H groups in total. The Morgan fingerprint density at radius 2 is 2.16 bits per heavy atom. The van der Waals surface area contributed by atoms with Gasteiger partial charge in [-0.2, -0.15) is 0 Å². The summed E-state index contributed by atoms with van der Waals surface area (Å²) in [7, 11) is 0. The quantitative estimate of drug-likeness (QED) is 0.811. The lowest BCUT2D eigenvalue weighted by molar-refractivity contribution is 0.615. The molecule has 5 heteroatoms. The van der Waals surface area contributed by atoms with Crippen molar-refractivity contribution in [3.63, 3.8) is 0 Å². The molecule has 2 aromatic rings. The highest BCUT2D eigenvalue weighted by atomic mass is 35.5. The highest BCUT2D eigenvalue weighted by Crippen LogP contribution is 2.14. The van der Waals surface area contributed by atoms with Crippen LogP contribution in [0, 0.1) is 6.92 Å². The minimum Gasteiger partial charge on any atom is -0.290 e. The number of hydrogen-bond acceptors (Lipinski definition) is 3. The molecule has 100 valence electrons. The van der Waals surface area contributed by atoms with Crippen molar-refractivity contribution in [2.24, 2.45) is 0 Å². The molecule has 0 aliphatic rings. The molecule has 0 aliphatic heterocycles. The topological polar surface area (TPSA) is 47.8 Å². The monoisotopic (exact) mass is 277 g/mol. The van der Waals surface area contributed by atoms with Gasteiger partial charge in [0.25, 0.3) is 5.56 Å². The smallest absolute Gasteiger partial charge is 0.255 e. The average Bonchev–Trinajstić information content (AvgIpc) is 2.34. The fourth-order valence-electron chi connectivity index (χ4n) is 1.93. The van der Waals surface area contributed by atoms with Crippen LogP contribution in [-0.2, 0) is 6.54 Å². The van der Waals surface area contributed by atoms with Crippen molar-refractivity contribution < 1.29 is 0 Å². The fraction of sp³-hybridized carbons (Fsp3) is 0.357. The van der Waals surface area contributed by atoms with Crippen molar-refractivity contribution in [1.29, 1.82) is 0 Å². The Morgan fingerprint density at radius 3 is 2.79 bits per heavy atom. The normalized spacial score (nSPS) is 11.0. The van der Waals surface area contributed by atoms with Gasteiger partial charge in [0.05, 0.1) is 12.2 Å². The number of hydrogen-bond donors (Lipinski definition) is 0. The van der Waals surface area contributed by atoms with Crippen LogP contribution in [0.3, 0.4) is 0 Å². The molecule has 0 unspecified atom stereocenters. The summed E-state index contributed by atoms with van der Waals surface area (Å²) in [5.41, 5.74) is 1.78. The minimum atomic E-state index is -0.145. The molecule has 19 heavy (non-hydrogen) atoms. The van der Waals surface area contributed by atoms with Gasteiger partial charge in [0.1, 0.15) is 11.0 Å². The summed E-state index contributed by atoms with van der Waals surface area (Å²) in [6, 6.07) is 5.20. The molecule has 0 atom stereocenters. The first kappa shape index (κ1) is 13.7. The maximum atomic E-state index is 12.1. The van der Waals surface area contributed by atoms with Crippen LogP contribution in [0.1, 0.15) is 36.8 Å². The lowest BCUT2D eigenvalue weighted by Gasteiger charge is -2.15. The van der Waals surface area contributed by atoms with E-state index in [0.717, 1.165) is 11.3 Å². The first-order valence-corrected chi connectivity index (χ1v) is 6.54. The Bertz CT molecular complexity index is 649. The number of nitrogens with zero attached hydrogens (tertiary/aromatic N) is 3. The predicted octanol–water partition coefficient (Wildman–Crippen LogP) is 2.77. The van der Waals surface area contributed by atoms with E-state index in [4.69, 9.17) is 11.6 Å². The van der Waals surface area contributed by atoms with Crippen LogP contribution in [0.2, 0.25) is 5.15 Å². The molecule has 0 amide bonds. The van der Waals surface area contributed by atoms with Crippen molar-refractivity contribution >= 4 is 11.6 Å². The zero-order valence-corrected chi connectivity index (χ0v) is 12.0. The number of rotatable bonds is 3. The van der Waals surface area contributed by atoms with Gasteiger partial charge in [-0.3, -0.25) is 14.3 Å². The van der Waals surface area contributed by atoms with E-state index >= 15 is 0 Å². The van der Waals surface area contributed by atoms with Crippen molar-refractivity contribution in [2.75, 3.05) is 0 Å². The Hall–Kier alpha value is -1.68. The Kier molecular flexibility index (Phi) is 4.00. The standard InChI is InChI=1S/C14H16ClN3O/c1-9(2)14-17-12(15)7-13(19)18(14)8-11-10(3)5-4-6-16-11/h4-7,9H,8H2,1-3H3. The van der Waals surface area contributed by atoms with Gasteiger partial charge in [0.2, 0.25) is 0 Å². The van der Waals surface area contributed by atoms with Crippen LogP contribution in [0.4, 0.5) is 0 Å². The Morgan fingerprint density at radius 1 is 1.42 bits per heavy atom. The van der Waals surface area contributed by atoms with Gasteiger partial charge in [-0.05, 0) is 18.6 Å². The average molecular weight is 278 g/mol.